The molecule has 126 valence electrons. The second kappa shape index (κ2) is 7.40. The van der Waals surface area contributed by atoms with Gasteiger partial charge in [0.25, 0.3) is 0 Å². The molecule has 0 bridgehead atoms. The average Bonchev–Trinajstić information content (AvgIpc) is 2.58. The molecule has 0 saturated carbocycles. The number of rotatable bonds is 3. The molecule has 0 radical (unpaired) electrons. The SMILES string of the molecule is O=C(Nc1cc(Cl)ccc1O)C1CCN(c2cncc(Br)c2)CC1. The number of phenols is 1. The maximum Gasteiger partial charge on any atom is 0.227 e. The third-order valence-corrected chi connectivity index (χ3v) is 4.81. The molecule has 24 heavy (non-hydrogen) atoms. The fourth-order valence-corrected chi connectivity index (χ4v) is 3.34. The summed E-state index contributed by atoms with van der Waals surface area (Å²) in [7, 11) is 0. The lowest BCUT2D eigenvalue weighted by Crippen LogP contribution is -2.38. The molecule has 0 unspecified atom stereocenters. The number of hydrogen-bond donors (Lipinski definition) is 2. The van der Waals surface area contributed by atoms with Crippen molar-refractivity contribution in [1.82, 2.24) is 4.98 Å². The van der Waals surface area contributed by atoms with Crippen molar-refractivity contribution < 1.29 is 9.90 Å². The van der Waals surface area contributed by atoms with Gasteiger partial charge in [-0.3, -0.25) is 9.78 Å². The standard InChI is InChI=1S/C17H17BrClN3O2/c18-12-7-14(10-20-9-12)22-5-3-11(4-6-22)17(24)21-15-8-13(19)1-2-16(15)23/h1-2,7-11,23H,3-6H2,(H,21,24). The second-order valence-corrected chi connectivity index (χ2v) is 7.13. The van der Waals surface area contributed by atoms with E-state index in [-0.39, 0.29) is 17.6 Å². The summed E-state index contributed by atoms with van der Waals surface area (Å²) in [6.07, 6.45) is 5.08. The smallest absolute Gasteiger partial charge is 0.227 e. The van der Waals surface area contributed by atoms with Crippen LogP contribution < -0.4 is 10.2 Å². The highest BCUT2D eigenvalue weighted by atomic mass is 79.9. The van der Waals surface area contributed by atoms with Gasteiger partial charge in [0.2, 0.25) is 5.91 Å². The molecule has 1 fully saturated rings. The largest absolute Gasteiger partial charge is 0.506 e. The predicted octanol–water partition coefficient (Wildman–Crippen LogP) is 4.06. The Bertz CT molecular complexity index is 748. The summed E-state index contributed by atoms with van der Waals surface area (Å²) >= 11 is 9.33. The molecule has 1 aliphatic heterocycles. The number of aromatic nitrogens is 1. The van der Waals surface area contributed by atoms with Gasteiger partial charge in [0.15, 0.2) is 0 Å². The monoisotopic (exact) mass is 409 g/mol. The van der Waals surface area contributed by atoms with Crippen LogP contribution in [0.2, 0.25) is 5.02 Å². The molecule has 0 atom stereocenters. The lowest BCUT2D eigenvalue weighted by molar-refractivity contribution is -0.120. The molecule has 1 aromatic heterocycles. The lowest BCUT2D eigenvalue weighted by Gasteiger charge is -2.32. The number of pyridine rings is 1. The first-order valence-corrected chi connectivity index (χ1v) is 8.85. The van der Waals surface area contributed by atoms with Gasteiger partial charge in [0.1, 0.15) is 5.75 Å². The van der Waals surface area contributed by atoms with Gasteiger partial charge in [-0.1, -0.05) is 11.6 Å². The number of carbonyl (C=O) groups is 1. The highest BCUT2D eigenvalue weighted by Crippen LogP contribution is 2.29. The molecule has 1 aromatic carbocycles. The number of benzene rings is 1. The van der Waals surface area contributed by atoms with Crippen LogP contribution in [0.4, 0.5) is 11.4 Å². The first-order chi connectivity index (χ1) is 11.5. The summed E-state index contributed by atoms with van der Waals surface area (Å²) in [5.74, 6) is -0.148. The van der Waals surface area contributed by atoms with Gasteiger partial charge in [-0.2, -0.15) is 0 Å². The number of anilines is 2. The van der Waals surface area contributed by atoms with Crippen molar-refractivity contribution in [3.63, 3.8) is 0 Å². The first-order valence-electron chi connectivity index (χ1n) is 7.68. The normalized spacial score (nSPS) is 15.3. The van der Waals surface area contributed by atoms with Gasteiger partial charge in [0, 0.05) is 34.7 Å². The van der Waals surface area contributed by atoms with Gasteiger partial charge in [-0.25, -0.2) is 0 Å². The van der Waals surface area contributed by atoms with E-state index < -0.39 is 0 Å². The summed E-state index contributed by atoms with van der Waals surface area (Å²) in [5.41, 5.74) is 1.40. The number of nitrogens with one attached hydrogen (secondary N) is 1. The molecular formula is C17H17BrClN3O2. The van der Waals surface area contributed by atoms with Crippen LogP contribution >= 0.6 is 27.5 Å². The zero-order valence-electron chi connectivity index (χ0n) is 12.9. The number of nitrogens with zero attached hydrogens (tertiary/aromatic N) is 2. The van der Waals surface area contributed by atoms with Gasteiger partial charge in [0.05, 0.1) is 17.6 Å². The fourth-order valence-electron chi connectivity index (χ4n) is 2.82. The molecule has 0 spiro atoms. The Labute approximate surface area is 153 Å². The Morgan fingerprint density at radius 3 is 2.75 bits per heavy atom. The summed E-state index contributed by atoms with van der Waals surface area (Å²) in [6.45, 7) is 1.58. The molecule has 1 aliphatic rings. The van der Waals surface area contributed by atoms with E-state index >= 15 is 0 Å². The van der Waals surface area contributed by atoms with Crippen LogP contribution in [-0.2, 0) is 4.79 Å². The average molecular weight is 411 g/mol. The van der Waals surface area contributed by atoms with Crippen molar-refractivity contribution in [2.45, 2.75) is 12.8 Å². The van der Waals surface area contributed by atoms with Crippen LogP contribution in [-0.4, -0.2) is 29.1 Å². The van der Waals surface area contributed by atoms with Crippen LogP contribution in [0.1, 0.15) is 12.8 Å². The third kappa shape index (κ3) is 3.99. The van der Waals surface area contributed by atoms with Crippen molar-refractivity contribution in [3.8, 4) is 5.75 Å². The first kappa shape index (κ1) is 17.0. The highest BCUT2D eigenvalue weighted by molar-refractivity contribution is 9.10. The van der Waals surface area contributed by atoms with Crippen LogP contribution in [0, 0.1) is 5.92 Å². The summed E-state index contributed by atoms with van der Waals surface area (Å²) in [4.78, 5) is 18.8. The van der Waals surface area contributed by atoms with Crippen molar-refractivity contribution in [2.24, 2.45) is 5.92 Å². The van der Waals surface area contributed by atoms with Crippen LogP contribution in [0.25, 0.3) is 0 Å². The minimum Gasteiger partial charge on any atom is -0.506 e. The van der Waals surface area contributed by atoms with Gasteiger partial charge < -0.3 is 15.3 Å². The fraction of sp³-hybridized carbons (Fsp3) is 0.294. The van der Waals surface area contributed by atoms with E-state index in [1.54, 1.807) is 18.3 Å². The molecule has 1 amide bonds. The Hall–Kier alpha value is -1.79. The zero-order chi connectivity index (χ0) is 17.1. The van der Waals surface area contributed by atoms with Gasteiger partial charge in [-0.05, 0) is 53.0 Å². The number of amides is 1. The third-order valence-electron chi connectivity index (χ3n) is 4.14. The van der Waals surface area contributed by atoms with E-state index in [0.29, 0.717) is 10.7 Å². The van der Waals surface area contributed by atoms with Crippen molar-refractivity contribution >= 4 is 44.8 Å². The molecule has 2 N–H and O–H groups in total. The minimum absolute atomic E-state index is 0.0189. The maximum absolute atomic E-state index is 12.4. The Balaban J connectivity index is 1.60. The molecule has 2 aromatic rings. The number of carbonyl (C=O) groups excluding carboxylic acids is 1. The zero-order valence-corrected chi connectivity index (χ0v) is 15.2. The molecule has 5 nitrogen and oxygen atoms in total. The second-order valence-electron chi connectivity index (χ2n) is 5.77. The van der Waals surface area contributed by atoms with Gasteiger partial charge >= 0.3 is 0 Å². The van der Waals surface area contributed by atoms with E-state index in [0.717, 1.165) is 36.1 Å². The lowest BCUT2D eigenvalue weighted by atomic mass is 9.95. The van der Waals surface area contributed by atoms with E-state index in [9.17, 15) is 9.90 Å². The summed E-state index contributed by atoms with van der Waals surface area (Å²) in [5, 5.41) is 13.1. The molecule has 1 saturated heterocycles. The van der Waals surface area contributed by atoms with E-state index in [4.69, 9.17) is 11.6 Å². The molecule has 0 aliphatic carbocycles. The van der Waals surface area contributed by atoms with E-state index in [1.165, 1.54) is 6.07 Å². The Kier molecular flexibility index (Phi) is 5.26. The summed E-state index contributed by atoms with van der Waals surface area (Å²) < 4.78 is 0.941. The van der Waals surface area contributed by atoms with Crippen molar-refractivity contribution in [2.75, 3.05) is 23.3 Å². The molecular weight excluding hydrogens is 394 g/mol. The summed E-state index contributed by atoms with van der Waals surface area (Å²) in [6, 6.07) is 6.63. The van der Waals surface area contributed by atoms with Crippen molar-refractivity contribution in [1.29, 1.82) is 0 Å². The quantitative estimate of drug-likeness (QED) is 0.749. The topological polar surface area (TPSA) is 65.5 Å². The molecule has 3 rings (SSSR count). The predicted molar refractivity (Wildman–Crippen MR) is 98.6 cm³/mol. The van der Waals surface area contributed by atoms with E-state index in [1.807, 2.05) is 12.3 Å². The number of hydrogen-bond acceptors (Lipinski definition) is 4. The highest BCUT2D eigenvalue weighted by Gasteiger charge is 2.26. The minimum atomic E-state index is -0.0837. The Morgan fingerprint density at radius 2 is 2.04 bits per heavy atom. The number of piperidine rings is 1. The number of aromatic hydroxyl groups is 1. The molecule has 7 heteroatoms. The van der Waals surface area contributed by atoms with Crippen LogP contribution in [0.3, 0.4) is 0 Å². The number of halogens is 2. The van der Waals surface area contributed by atoms with E-state index in [2.05, 4.69) is 31.1 Å². The van der Waals surface area contributed by atoms with Crippen LogP contribution in [0.5, 0.6) is 5.75 Å². The van der Waals surface area contributed by atoms with Crippen LogP contribution in [0.15, 0.2) is 41.1 Å². The van der Waals surface area contributed by atoms with Gasteiger partial charge in [-0.15, -0.1) is 0 Å². The maximum atomic E-state index is 12.4. The van der Waals surface area contributed by atoms with Crippen molar-refractivity contribution in [3.05, 3.63) is 46.2 Å². The Morgan fingerprint density at radius 1 is 1.29 bits per heavy atom. The molecule has 2 heterocycles. The number of phenolic OH excluding ortho intramolecular Hbond substituents is 1.